The van der Waals surface area contributed by atoms with E-state index in [9.17, 15) is 0 Å². The Labute approximate surface area is 152 Å². The lowest BCUT2D eigenvalue weighted by atomic mass is 9.68. The van der Waals surface area contributed by atoms with Crippen molar-refractivity contribution in [2.45, 2.75) is 80.6 Å². The fourth-order valence-electron chi connectivity index (χ4n) is 6.97. The maximum atomic E-state index is 2.79. The van der Waals surface area contributed by atoms with Gasteiger partial charge in [0.05, 0.1) is 0 Å². The molecule has 2 bridgehead atoms. The van der Waals surface area contributed by atoms with Crippen molar-refractivity contribution in [2.24, 2.45) is 33.0 Å². The van der Waals surface area contributed by atoms with E-state index in [2.05, 4.69) is 77.1 Å². The van der Waals surface area contributed by atoms with E-state index in [1.165, 1.54) is 36.5 Å². The highest BCUT2D eigenvalue weighted by atomic mass is 127. The first-order chi connectivity index (χ1) is 9.89. The molecular weight excluding hydrogens is 379 g/mol. The summed E-state index contributed by atoms with van der Waals surface area (Å²) < 4.78 is 1.34. The Hall–Kier alpha value is 0.470. The summed E-state index contributed by atoms with van der Waals surface area (Å²) in [5.74, 6) is 0.918. The third kappa shape index (κ3) is 2.27. The Kier molecular flexibility index (Phi) is 3.74. The SMILES string of the molecule is CC1(C)CCC23CC(=CC2(C(C)(C)C)[C@H]3CI)CC(C)(C)C1. The second-order valence-corrected chi connectivity index (χ2v) is 12.0. The molecule has 1 spiro atoms. The summed E-state index contributed by atoms with van der Waals surface area (Å²) >= 11 is 2.66. The minimum atomic E-state index is 0.401. The molecule has 3 aliphatic rings. The molecule has 3 atom stereocenters. The molecule has 2 unspecified atom stereocenters. The molecule has 3 aliphatic carbocycles. The van der Waals surface area contributed by atoms with Crippen molar-refractivity contribution in [3.63, 3.8) is 0 Å². The standard InChI is InChI=1S/C21H35I/c1-17(2,3)21-12-15-10-19(6,7)14-18(4,5)8-9-20(21,11-15)16(21)13-22/h12,16H,8-11,13-14H2,1-7H3/t16-,20?,21?/m0/s1. The predicted octanol–water partition coefficient (Wildman–Crippen LogP) is 7.03. The van der Waals surface area contributed by atoms with Gasteiger partial charge in [-0.15, -0.1) is 0 Å². The molecule has 0 N–H and O–H groups in total. The van der Waals surface area contributed by atoms with Crippen LogP contribution in [0.25, 0.3) is 0 Å². The van der Waals surface area contributed by atoms with Gasteiger partial charge in [0, 0.05) is 9.84 Å². The van der Waals surface area contributed by atoms with Crippen LogP contribution >= 0.6 is 22.6 Å². The minimum absolute atomic E-state index is 0.401. The Bertz CT molecular complexity index is 504. The maximum absolute atomic E-state index is 2.79. The van der Waals surface area contributed by atoms with Crippen LogP contribution in [0.2, 0.25) is 0 Å². The molecule has 0 aliphatic heterocycles. The Morgan fingerprint density at radius 2 is 1.68 bits per heavy atom. The molecule has 0 aromatic rings. The fraction of sp³-hybridized carbons (Fsp3) is 0.905. The Morgan fingerprint density at radius 3 is 2.23 bits per heavy atom. The van der Waals surface area contributed by atoms with Crippen LogP contribution in [0.4, 0.5) is 0 Å². The number of hydrogen-bond acceptors (Lipinski definition) is 0. The molecule has 0 heterocycles. The van der Waals surface area contributed by atoms with E-state index in [1.807, 2.05) is 0 Å². The molecule has 0 saturated heterocycles. The van der Waals surface area contributed by atoms with Crippen LogP contribution in [-0.4, -0.2) is 4.43 Å². The van der Waals surface area contributed by atoms with Crippen molar-refractivity contribution < 1.29 is 0 Å². The van der Waals surface area contributed by atoms with Crippen LogP contribution in [-0.2, 0) is 0 Å². The summed E-state index contributed by atoms with van der Waals surface area (Å²) in [5.41, 5.74) is 4.22. The molecular formula is C21H35I. The number of halogens is 1. The summed E-state index contributed by atoms with van der Waals surface area (Å²) in [6.07, 6.45) is 9.73. The highest BCUT2D eigenvalue weighted by molar-refractivity contribution is 14.1. The van der Waals surface area contributed by atoms with E-state index in [1.54, 1.807) is 5.57 Å². The first-order valence-electron chi connectivity index (χ1n) is 9.16. The van der Waals surface area contributed by atoms with Crippen LogP contribution in [0.1, 0.15) is 80.6 Å². The van der Waals surface area contributed by atoms with E-state index in [-0.39, 0.29) is 0 Å². The molecule has 126 valence electrons. The third-order valence-corrected chi connectivity index (χ3v) is 8.12. The molecule has 0 nitrogen and oxygen atoms in total. The van der Waals surface area contributed by atoms with Crippen molar-refractivity contribution in [1.82, 2.24) is 0 Å². The van der Waals surface area contributed by atoms with Gasteiger partial charge in [0.1, 0.15) is 0 Å². The van der Waals surface area contributed by atoms with E-state index in [4.69, 9.17) is 0 Å². The summed E-state index contributed by atoms with van der Waals surface area (Å²) in [6, 6.07) is 0. The maximum Gasteiger partial charge on any atom is 0.00381 e. The Balaban J connectivity index is 2.05. The van der Waals surface area contributed by atoms with E-state index >= 15 is 0 Å². The monoisotopic (exact) mass is 414 g/mol. The molecule has 2 saturated carbocycles. The number of hydrogen-bond donors (Lipinski definition) is 0. The molecule has 22 heavy (non-hydrogen) atoms. The van der Waals surface area contributed by atoms with Crippen LogP contribution in [0, 0.1) is 33.0 Å². The predicted molar refractivity (Wildman–Crippen MR) is 105 cm³/mol. The normalized spacial score (nSPS) is 42.7. The summed E-state index contributed by atoms with van der Waals surface area (Å²) in [5, 5.41) is 0. The van der Waals surface area contributed by atoms with Crippen molar-refractivity contribution in [3.8, 4) is 0 Å². The topological polar surface area (TPSA) is 0 Å². The molecule has 0 radical (unpaired) electrons. The van der Waals surface area contributed by atoms with E-state index < -0.39 is 0 Å². The van der Waals surface area contributed by atoms with Gasteiger partial charge in [-0.2, -0.15) is 0 Å². The summed E-state index contributed by atoms with van der Waals surface area (Å²) in [6.45, 7) is 17.5. The van der Waals surface area contributed by atoms with Crippen molar-refractivity contribution in [2.75, 3.05) is 4.43 Å². The first-order valence-corrected chi connectivity index (χ1v) is 10.7. The van der Waals surface area contributed by atoms with Gasteiger partial charge in [0.15, 0.2) is 0 Å². The highest BCUT2D eigenvalue weighted by Crippen LogP contribution is 2.85. The lowest BCUT2D eigenvalue weighted by Gasteiger charge is -2.37. The van der Waals surface area contributed by atoms with Gasteiger partial charge < -0.3 is 0 Å². The van der Waals surface area contributed by atoms with Gasteiger partial charge in [-0.25, -0.2) is 0 Å². The second kappa shape index (κ2) is 4.76. The van der Waals surface area contributed by atoms with Crippen LogP contribution < -0.4 is 0 Å². The molecule has 2 fully saturated rings. The van der Waals surface area contributed by atoms with Crippen LogP contribution in [0.5, 0.6) is 0 Å². The zero-order chi connectivity index (χ0) is 16.6. The van der Waals surface area contributed by atoms with Gasteiger partial charge in [0.2, 0.25) is 0 Å². The van der Waals surface area contributed by atoms with Gasteiger partial charge in [0.25, 0.3) is 0 Å². The number of fused-ring (bicyclic) bond motifs is 1. The third-order valence-electron chi connectivity index (χ3n) is 7.24. The average Bonchev–Trinajstić information content (AvgIpc) is 2.69. The summed E-state index contributed by atoms with van der Waals surface area (Å²) in [4.78, 5) is 0. The average molecular weight is 414 g/mol. The minimum Gasteiger partial charge on any atom is -0.0860 e. The van der Waals surface area contributed by atoms with Gasteiger partial charge in [-0.1, -0.05) is 82.7 Å². The van der Waals surface area contributed by atoms with Crippen molar-refractivity contribution >= 4 is 22.6 Å². The molecule has 3 rings (SSSR count). The quantitative estimate of drug-likeness (QED) is 0.246. The zero-order valence-corrected chi connectivity index (χ0v) is 17.9. The first kappa shape index (κ1) is 17.3. The smallest absolute Gasteiger partial charge is 0.00381 e. The van der Waals surface area contributed by atoms with Crippen LogP contribution in [0.15, 0.2) is 11.6 Å². The lowest BCUT2D eigenvalue weighted by Crippen LogP contribution is -2.27. The number of alkyl halides is 1. The second-order valence-electron chi connectivity index (χ2n) is 11.1. The van der Waals surface area contributed by atoms with Crippen molar-refractivity contribution in [3.05, 3.63) is 11.6 Å². The van der Waals surface area contributed by atoms with Gasteiger partial charge >= 0.3 is 0 Å². The van der Waals surface area contributed by atoms with E-state index in [0.29, 0.717) is 27.1 Å². The zero-order valence-electron chi connectivity index (χ0n) is 15.8. The molecule has 0 aromatic heterocycles. The summed E-state index contributed by atoms with van der Waals surface area (Å²) in [7, 11) is 0. The van der Waals surface area contributed by atoms with Gasteiger partial charge in [-0.05, 0) is 59.7 Å². The molecule has 0 amide bonds. The molecule has 0 aromatic carbocycles. The highest BCUT2D eigenvalue weighted by Gasteiger charge is 2.79. The fourth-order valence-corrected chi connectivity index (χ4v) is 8.50. The number of allylic oxidation sites excluding steroid dienone is 2. The van der Waals surface area contributed by atoms with Crippen LogP contribution in [0.3, 0.4) is 0 Å². The lowest BCUT2D eigenvalue weighted by molar-refractivity contribution is 0.155. The van der Waals surface area contributed by atoms with Crippen molar-refractivity contribution in [1.29, 1.82) is 0 Å². The number of rotatable bonds is 1. The molecule has 1 heteroatoms. The van der Waals surface area contributed by atoms with E-state index in [0.717, 1.165) is 5.92 Å². The Morgan fingerprint density at radius 1 is 1.05 bits per heavy atom. The largest absolute Gasteiger partial charge is 0.0860 e. The van der Waals surface area contributed by atoms with Gasteiger partial charge in [-0.3, -0.25) is 0 Å².